The number of carbonyl (C=O) groups is 1. The molecule has 0 aliphatic rings. The summed E-state index contributed by atoms with van der Waals surface area (Å²) in [7, 11) is 1.30. The summed E-state index contributed by atoms with van der Waals surface area (Å²) < 4.78 is 7.31. The molecule has 0 saturated carbocycles. The summed E-state index contributed by atoms with van der Waals surface area (Å²) in [6.45, 7) is 1.77. The van der Waals surface area contributed by atoms with Crippen molar-refractivity contribution in [3.05, 3.63) is 111 Å². The SMILES string of the molecule is COC(=O)c1ccc(-n2c(=O)n(C(C)c3ccc4ccccc4n3)c(=O)c3cccnc32)cc1. The van der Waals surface area contributed by atoms with E-state index in [0.29, 0.717) is 22.3 Å². The zero-order chi connectivity index (χ0) is 23.8. The van der Waals surface area contributed by atoms with Gasteiger partial charge in [0, 0.05) is 11.6 Å². The molecule has 8 heteroatoms. The molecule has 5 aromatic rings. The summed E-state index contributed by atoms with van der Waals surface area (Å²) in [5, 5.41) is 1.27. The van der Waals surface area contributed by atoms with E-state index < -0.39 is 23.3 Å². The van der Waals surface area contributed by atoms with Gasteiger partial charge in [-0.1, -0.05) is 24.3 Å². The molecule has 0 saturated heterocycles. The highest BCUT2D eigenvalue weighted by Gasteiger charge is 2.21. The van der Waals surface area contributed by atoms with Crippen LogP contribution < -0.4 is 11.2 Å². The highest BCUT2D eigenvalue weighted by Crippen LogP contribution is 2.20. The largest absolute Gasteiger partial charge is 0.465 e. The number of ether oxygens (including phenoxy) is 1. The van der Waals surface area contributed by atoms with Crippen LogP contribution in [0.3, 0.4) is 0 Å². The van der Waals surface area contributed by atoms with Gasteiger partial charge in [-0.25, -0.2) is 19.1 Å². The van der Waals surface area contributed by atoms with Crippen LogP contribution in [0.4, 0.5) is 0 Å². The first-order valence-corrected chi connectivity index (χ1v) is 10.7. The van der Waals surface area contributed by atoms with E-state index in [0.717, 1.165) is 10.9 Å². The molecule has 8 nitrogen and oxygen atoms in total. The minimum atomic E-state index is -0.630. The Bertz CT molecular complexity index is 1670. The number of carbonyl (C=O) groups excluding carboxylic acids is 1. The lowest BCUT2D eigenvalue weighted by Gasteiger charge is -2.18. The Kier molecular flexibility index (Phi) is 5.25. The number of esters is 1. The lowest BCUT2D eigenvalue weighted by atomic mass is 10.1. The Morgan fingerprint density at radius 1 is 0.941 bits per heavy atom. The molecule has 0 aliphatic carbocycles. The topological polar surface area (TPSA) is 96.1 Å². The van der Waals surface area contributed by atoms with Gasteiger partial charge in [-0.2, -0.15) is 0 Å². The van der Waals surface area contributed by atoms with Crippen molar-refractivity contribution in [2.24, 2.45) is 0 Å². The fourth-order valence-corrected chi connectivity index (χ4v) is 4.04. The van der Waals surface area contributed by atoms with E-state index in [-0.39, 0.29) is 5.65 Å². The van der Waals surface area contributed by atoms with Gasteiger partial charge >= 0.3 is 11.7 Å². The average Bonchev–Trinajstić information content (AvgIpc) is 2.88. The predicted molar refractivity (Wildman–Crippen MR) is 128 cm³/mol. The second-order valence-corrected chi connectivity index (χ2v) is 7.81. The fourth-order valence-electron chi connectivity index (χ4n) is 4.04. The third kappa shape index (κ3) is 3.45. The number of benzene rings is 2. The van der Waals surface area contributed by atoms with Crippen LogP contribution >= 0.6 is 0 Å². The van der Waals surface area contributed by atoms with E-state index in [1.807, 2.05) is 36.4 Å². The van der Waals surface area contributed by atoms with Crippen LogP contribution in [-0.4, -0.2) is 32.2 Å². The summed E-state index contributed by atoms with van der Waals surface area (Å²) >= 11 is 0. The summed E-state index contributed by atoms with van der Waals surface area (Å²) in [4.78, 5) is 48.0. The Labute approximate surface area is 193 Å². The van der Waals surface area contributed by atoms with Gasteiger partial charge in [0.2, 0.25) is 0 Å². The third-order valence-corrected chi connectivity index (χ3v) is 5.83. The van der Waals surface area contributed by atoms with Crippen LogP contribution in [0.5, 0.6) is 0 Å². The number of nitrogens with zero attached hydrogens (tertiary/aromatic N) is 4. The predicted octanol–water partition coefficient (Wildman–Crippen LogP) is 3.49. The first kappa shape index (κ1) is 21.3. The maximum absolute atomic E-state index is 13.7. The molecule has 0 radical (unpaired) electrons. The van der Waals surface area contributed by atoms with Crippen LogP contribution in [0.25, 0.3) is 27.6 Å². The molecule has 0 aliphatic heterocycles. The zero-order valence-corrected chi connectivity index (χ0v) is 18.5. The molecular weight excluding hydrogens is 432 g/mol. The number of rotatable bonds is 4. The number of aromatic nitrogens is 4. The van der Waals surface area contributed by atoms with Crippen molar-refractivity contribution in [1.29, 1.82) is 0 Å². The number of para-hydroxylation sites is 1. The van der Waals surface area contributed by atoms with Gasteiger partial charge in [0.05, 0.1) is 41.0 Å². The third-order valence-electron chi connectivity index (χ3n) is 5.83. The minimum Gasteiger partial charge on any atom is -0.465 e. The van der Waals surface area contributed by atoms with Crippen molar-refractivity contribution in [2.45, 2.75) is 13.0 Å². The number of fused-ring (bicyclic) bond motifs is 2. The van der Waals surface area contributed by atoms with Crippen molar-refractivity contribution >= 4 is 27.9 Å². The van der Waals surface area contributed by atoms with E-state index in [4.69, 9.17) is 4.74 Å². The van der Waals surface area contributed by atoms with Gasteiger partial charge in [0.15, 0.2) is 5.65 Å². The number of hydrogen-bond acceptors (Lipinski definition) is 6. The van der Waals surface area contributed by atoms with Gasteiger partial charge in [0.25, 0.3) is 5.56 Å². The average molecular weight is 452 g/mol. The van der Waals surface area contributed by atoms with Gasteiger partial charge in [-0.3, -0.25) is 14.3 Å². The lowest BCUT2D eigenvalue weighted by molar-refractivity contribution is 0.0600. The summed E-state index contributed by atoms with van der Waals surface area (Å²) in [6, 6.07) is 20.4. The molecule has 5 rings (SSSR count). The maximum atomic E-state index is 13.7. The maximum Gasteiger partial charge on any atom is 0.337 e. The van der Waals surface area contributed by atoms with Crippen molar-refractivity contribution in [2.75, 3.05) is 7.11 Å². The molecule has 0 fully saturated rings. The zero-order valence-electron chi connectivity index (χ0n) is 18.5. The standard InChI is InChI=1S/C26H20N4O4/c1-16(21-14-11-17-6-3-4-8-22(17)28-21)29-24(31)20-7-5-15-27-23(20)30(26(29)33)19-12-9-18(10-13-19)25(32)34-2/h3-16H,1-2H3. The quantitative estimate of drug-likeness (QED) is 0.387. The molecule has 1 unspecified atom stereocenters. The van der Waals surface area contributed by atoms with Crippen LogP contribution in [0.2, 0.25) is 0 Å². The van der Waals surface area contributed by atoms with E-state index >= 15 is 0 Å². The van der Waals surface area contributed by atoms with E-state index in [1.165, 1.54) is 22.4 Å². The smallest absolute Gasteiger partial charge is 0.337 e. The van der Waals surface area contributed by atoms with Crippen LogP contribution in [0.1, 0.15) is 29.0 Å². The Balaban J connectivity index is 1.74. The molecule has 3 heterocycles. The lowest BCUT2D eigenvalue weighted by Crippen LogP contribution is -2.42. The van der Waals surface area contributed by atoms with E-state index in [1.54, 1.807) is 43.3 Å². The highest BCUT2D eigenvalue weighted by molar-refractivity contribution is 5.89. The second-order valence-electron chi connectivity index (χ2n) is 7.81. The first-order valence-electron chi connectivity index (χ1n) is 10.7. The first-order chi connectivity index (χ1) is 16.5. The summed E-state index contributed by atoms with van der Waals surface area (Å²) in [5.74, 6) is -0.483. The molecule has 0 bridgehead atoms. The number of pyridine rings is 2. The molecule has 168 valence electrons. The molecule has 0 amide bonds. The summed E-state index contributed by atoms with van der Waals surface area (Å²) in [6.07, 6.45) is 1.53. The van der Waals surface area contributed by atoms with Gasteiger partial charge in [0.1, 0.15) is 0 Å². The van der Waals surface area contributed by atoms with Gasteiger partial charge < -0.3 is 4.74 Å². The number of methoxy groups -OCH3 is 1. The Hall–Kier alpha value is -4.59. The van der Waals surface area contributed by atoms with Crippen LogP contribution in [-0.2, 0) is 4.74 Å². The van der Waals surface area contributed by atoms with Crippen molar-refractivity contribution in [3.8, 4) is 5.69 Å². The second kappa shape index (κ2) is 8.40. The van der Waals surface area contributed by atoms with Crippen molar-refractivity contribution < 1.29 is 9.53 Å². The molecule has 2 aromatic carbocycles. The Morgan fingerprint density at radius 2 is 1.71 bits per heavy atom. The van der Waals surface area contributed by atoms with E-state index in [9.17, 15) is 14.4 Å². The molecule has 34 heavy (non-hydrogen) atoms. The normalized spacial score (nSPS) is 12.1. The van der Waals surface area contributed by atoms with E-state index in [2.05, 4.69) is 9.97 Å². The summed E-state index contributed by atoms with van der Waals surface area (Å²) in [5.41, 5.74) is 1.42. The van der Waals surface area contributed by atoms with Crippen LogP contribution in [0.15, 0.2) is 88.6 Å². The highest BCUT2D eigenvalue weighted by atomic mass is 16.5. The molecule has 0 spiro atoms. The van der Waals surface area contributed by atoms with Gasteiger partial charge in [-0.15, -0.1) is 0 Å². The van der Waals surface area contributed by atoms with Crippen LogP contribution in [0, 0.1) is 0 Å². The van der Waals surface area contributed by atoms with Crippen molar-refractivity contribution in [1.82, 2.24) is 19.1 Å². The fraction of sp³-hybridized carbons (Fsp3) is 0.115. The number of hydrogen-bond donors (Lipinski definition) is 0. The molecular formula is C26H20N4O4. The molecule has 1 atom stereocenters. The Morgan fingerprint density at radius 3 is 2.47 bits per heavy atom. The molecule has 0 N–H and O–H groups in total. The minimum absolute atomic E-state index is 0.234. The molecule has 3 aromatic heterocycles. The van der Waals surface area contributed by atoms with Gasteiger partial charge in [-0.05, 0) is 55.5 Å². The monoisotopic (exact) mass is 452 g/mol. The van der Waals surface area contributed by atoms with Crippen molar-refractivity contribution in [3.63, 3.8) is 0 Å².